The van der Waals surface area contributed by atoms with Gasteiger partial charge in [-0.25, -0.2) is 8.42 Å². The molecule has 0 spiro atoms. The lowest BCUT2D eigenvalue weighted by Crippen LogP contribution is -2.10. The van der Waals surface area contributed by atoms with Crippen molar-refractivity contribution in [2.45, 2.75) is 16.1 Å². The van der Waals surface area contributed by atoms with Crippen molar-refractivity contribution >= 4 is 37.4 Å². The van der Waals surface area contributed by atoms with Gasteiger partial charge in [0.2, 0.25) is 0 Å². The molecular weight excluding hydrogens is 386 g/mol. The Bertz CT molecular complexity index is 841. The molecule has 1 fully saturated rings. The van der Waals surface area contributed by atoms with E-state index < -0.39 is 21.0 Å². The Morgan fingerprint density at radius 2 is 1.64 bits per heavy atom. The molecular formula is C16H11BrClNO2S. The smallest absolute Gasteiger partial charge is 0.183 e. The van der Waals surface area contributed by atoms with Gasteiger partial charge in [-0.15, -0.1) is 0 Å². The lowest BCUT2D eigenvalue weighted by molar-refractivity contribution is 0.593. The van der Waals surface area contributed by atoms with E-state index >= 15 is 0 Å². The van der Waals surface area contributed by atoms with Gasteiger partial charge in [-0.2, -0.15) is 5.26 Å². The van der Waals surface area contributed by atoms with Crippen molar-refractivity contribution in [1.29, 1.82) is 5.26 Å². The Morgan fingerprint density at radius 3 is 2.18 bits per heavy atom. The highest BCUT2D eigenvalue weighted by Gasteiger charge is 2.59. The molecule has 0 bridgehead atoms. The molecule has 22 heavy (non-hydrogen) atoms. The van der Waals surface area contributed by atoms with Gasteiger partial charge in [0.05, 0.1) is 22.1 Å². The number of sulfone groups is 1. The molecule has 0 heterocycles. The second-order valence-corrected chi connectivity index (χ2v) is 8.65. The van der Waals surface area contributed by atoms with E-state index in [4.69, 9.17) is 11.6 Å². The second-order valence-electron chi connectivity index (χ2n) is 5.20. The molecule has 0 radical (unpaired) electrons. The number of rotatable bonds is 3. The van der Waals surface area contributed by atoms with Crippen LogP contribution in [0.1, 0.15) is 11.5 Å². The van der Waals surface area contributed by atoms with Gasteiger partial charge in [-0.1, -0.05) is 39.7 Å². The molecule has 0 aliphatic heterocycles. The number of halogens is 2. The molecule has 1 saturated carbocycles. The average molecular weight is 397 g/mol. The van der Waals surface area contributed by atoms with E-state index in [2.05, 4.69) is 22.0 Å². The van der Waals surface area contributed by atoms with Crippen LogP contribution >= 0.6 is 27.5 Å². The van der Waals surface area contributed by atoms with Crippen LogP contribution < -0.4 is 0 Å². The highest BCUT2D eigenvalue weighted by molar-refractivity contribution is 9.10. The van der Waals surface area contributed by atoms with Crippen LogP contribution in [0.4, 0.5) is 0 Å². The van der Waals surface area contributed by atoms with E-state index in [1.54, 1.807) is 12.1 Å². The Labute approximate surface area is 142 Å². The number of nitriles is 1. The van der Waals surface area contributed by atoms with Gasteiger partial charge in [0.15, 0.2) is 9.84 Å². The van der Waals surface area contributed by atoms with Crippen LogP contribution in [-0.4, -0.2) is 13.7 Å². The monoisotopic (exact) mass is 395 g/mol. The van der Waals surface area contributed by atoms with E-state index in [9.17, 15) is 13.7 Å². The zero-order chi connectivity index (χ0) is 15.9. The zero-order valence-corrected chi connectivity index (χ0v) is 14.4. The largest absolute Gasteiger partial charge is 0.223 e. The summed E-state index contributed by atoms with van der Waals surface area (Å²) in [6.45, 7) is 0. The first-order valence-electron chi connectivity index (χ1n) is 6.59. The standard InChI is InChI=1S/C16H11BrClNO2S/c17-11-3-1-10(2-4-11)15-14(9-19)16(15)22(20,21)13-7-5-12(18)6-8-13/h1-8,14-16H/t14-,15-,16+/m1/s1. The Kier molecular flexibility index (Phi) is 4.02. The minimum absolute atomic E-state index is 0.210. The summed E-state index contributed by atoms with van der Waals surface area (Å²) in [7, 11) is -3.54. The van der Waals surface area contributed by atoms with Gasteiger partial charge in [0, 0.05) is 15.4 Å². The van der Waals surface area contributed by atoms with E-state index in [-0.39, 0.29) is 10.8 Å². The van der Waals surface area contributed by atoms with Gasteiger partial charge in [0.1, 0.15) is 0 Å². The molecule has 0 amide bonds. The first-order chi connectivity index (χ1) is 10.4. The summed E-state index contributed by atoms with van der Waals surface area (Å²) in [6, 6.07) is 15.6. The number of benzene rings is 2. The fourth-order valence-electron chi connectivity index (χ4n) is 2.69. The van der Waals surface area contributed by atoms with Crippen molar-refractivity contribution in [2.75, 3.05) is 0 Å². The third-order valence-corrected chi connectivity index (χ3v) is 6.87. The van der Waals surface area contributed by atoms with E-state index in [1.807, 2.05) is 24.3 Å². The van der Waals surface area contributed by atoms with Crippen LogP contribution in [0, 0.1) is 17.2 Å². The van der Waals surface area contributed by atoms with Gasteiger partial charge in [-0.05, 0) is 42.0 Å². The zero-order valence-electron chi connectivity index (χ0n) is 11.3. The molecule has 0 aromatic heterocycles. The highest BCUT2D eigenvalue weighted by Crippen LogP contribution is 2.53. The fourth-order valence-corrected chi connectivity index (χ4v) is 5.14. The lowest BCUT2D eigenvalue weighted by Gasteiger charge is -2.04. The number of hydrogen-bond donors (Lipinski definition) is 0. The minimum Gasteiger partial charge on any atom is -0.223 e. The Hall–Kier alpha value is -1.35. The molecule has 6 heteroatoms. The van der Waals surface area contributed by atoms with Gasteiger partial charge in [0.25, 0.3) is 0 Å². The van der Waals surface area contributed by atoms with E-state index in [0.717, 1.165) is 10.0 Å². The summed E-state index contributed by atoms with van der Waals surface area (Å²) >= 11 is 9.15. The summed E-state index contributed by atoms with van der Waals surface area (Å²) in [5.74, 6) is -0.791. The van der Waals surface area contributed by atoms with E-state index in [0.29, 0.717) is 5.02 Å². The van der Waals surface area contributed by atoms with Crippen molar-refractivity contribution in [2.24, 2.45) is 5.92 Å². The molecule has 0 saturated heterocycles. The summed E-state index contributed by atoms with van der Waals surface area (Å²) in [5.41, 5.74) is 0.872. The molecule has 0 unspecified atom stereocenters. The third-order valence-electron chi connectivity index (χ3n) is 3.86. The molecule has 3 atom stereocenters. The summed E-state index contributed by atoms with van der Waals surface area (Å²) in [4.78, 5) is 0.210. The van der Waals surface area contributed by atoms with Crippen LogP contribution in [0.2, 0.25) is 5.02 Å². The molecule has 2 aromatic rings. The third kappa shape index (κ3) is 2.67. The molecule has 1 aliphatic rings. The second kappa shape index (κ2) is 5.69. The predicted molar refractivity (Wildman–Crippen MR) is 88.4 cm³/mol. The lowest BCUT2D eigenvalue weighted by atomic mass is 10.1. The topological polar surface area (TPSA) is 57.9 Å². The maximum Gasteiger partial charge on any atom is 0.183 e. The fraction of sp³-hybridized carbons (Fsp3) is 0.188. The van der Waals surface area contributed by atoms with Gasteiger partial charge < -0.3 is 0 Å². The van der Waals surface area contributed by atoms with Crippen LogP contribution in [0.25, 0.3) is 0 Å². The molecule has 1 aliphatic carbocycles. The average Bonchev–Trinajstić information content (AvgIpc) is 3.24. The summed E-state index contributed by atoms with van der Waals surface area (Å²) < 4.78 is 26.4. The Balaban J connectivity index is 1.95. The number of hydrogen-bond acceptors (Lipinski definition) is 3. The first kappa shape index (κ1) is 15.5. The van der Waals surface area contributed by atoms with Crippen molar-refractivity contribution < 1.29 is 8.42 Å². The normalized spacial score (nSPS) is 23.8. The maximum atomic E-state index is 12.7. The Morgan fingerprint density at radius 1 is 1.05 bits per heavy atom. The van der Waals surface area contributed by atoms with E-state index in [1.165, 1.54) is 12.1 Å². The first-order valence-corrected chi connectivity index (χ1v) is 9.31. The van der Waals surface area contributed by atoms with Crippen molar-refractivity contribution in [1.82, 2.24) is 0 Å². The van der Waals surface area contributed by atoms with Gasteiger partial charge >= 0.3 is 0 Å². The number of nitrogens with zero attached hydrogens (tertiary/aromatic N) is 1. The molecule has 3 rings (SSSR count). The quantitative estimate of drug-likeness (QED) is 0.782. The molecule has 0 N–H and O–H groups in total. The van der Waals surface area contributed by atoms with Crippen LogP contribution in [0.3, 0.4) is 0 Å². The maximum absolute atomic E-state index is 12.7. The SMILES string of the molecule is N#C[C@@H]1[C@@H](c2ccc(Br)cc2)[C@H]1S(=O)(=O)c1ccc(Cl)cc1. The van der Waals surface area contributed by atoms with Crippen molar-refractivity contribution in [3.8, 4) is 6.07 Å². The van der Waals surface area contributed by atoms with Crippen molar-refractivity contribution in [3.05, 3.63) is 63.6 Å². The van der Waals surface area contributed by atoms with Crippen molar-refractivity contribution in [3.63, 3.8) is 0 Å². The van der Waals surface area contributed by atoms with Crippen LogP contribution in [0.15, 0.2) is 57.9 Å². The predicted octanol–water partition coefficient (Wildman–Crippen LogP) is 4.18. The molecule has 2 aromatic carbocycles. The highest BCUT2D eigenvalue weighted by atomic mass is 79.9. The van der Waals surface area contributed by atoms with Gasteiger partial charge in [-0.3, -0.25) is 0 Å². The molecule has 3 nitrogen and oxygen atoms in total. The minimum atomic E-state index is -3.54. The molecule has 112 valence electrons. The van der Waals surface area contributed by atoms with Crippen LogP contribution in [0.5, 0.6) is 0 Å². The summed E-state index contributed by atoms with van der Waals surface area (Å²) in [5, 5.41) is 9.06. The summed E-state index contributed by atoms with van der Waals surface area (Å²) in [6.07, 6.45) is 0. The van der Waals surface area contributed by atoms with Crippen LogP contribution in [-0.2, 0) is 9.84 Å².